The van der Waals surface area contributed by atoms with Crippen LogP contribution in [0.5, 0.6) is 17.2 Å². The molecule has 0 saturated carbocycles. The Hall–Kier alpha value is -3.80. The number of anilines is 2. The summed E-state index contributed by atoms with van der Waals surface area (Å²) in [4.78, 5) is 39.5. The molecule has 0 bridgehead atoms. The molecule has 0 saturated heterocycles. The first kappa shape index (κ1) is 22.9. The number of phenols is 1. The van der Waals surface area contributed by atoms with E-state index in [2.05, 4.69) is 26.2 Å². The van der Waals surface area contributed by atoms with Crippen molar-refractivity contribution < 1.29 is 33.3 Å². The van der Waals surface area contributed by atoms with Crippen LogP contribution in [-0.4, -0.2) is 33.7 Å². The van der Waals surface area contributed by atoms with E-state index in [-0.39, 0.29) is 41.3 Å². The lowest BCUT2D eigenvalue weighted by atomic mass is 10.3. The van der Waals surface area contributed by atoms with Crippen molar-refractivity contribution in [3.8, 4) is 23.1 Å². The third-order valence-electron chi connectivity index (χ3n) is 3.99. The molecule has 0 unspecified atom stereocenters. The van der Waals surface area contributed by atoms with Gasteiger partial charge in [0.2, 0.25) is 11.5 Å². The number of ether oxygens (including phenoxy) is 3. The summed E-state index contributed by atoms with van der Waals surface area (Å²) in [6, 6.07) is 6.44. The van der Waals surface area contributed by atoms with Gasteiger partial charge in [0.1, 0.15) is 5.75 Å². The molecule has 0 atom stereocenters. The van der Waals surface area contributed by atoms with E-state index < -0.39 is 17.6 Å². The molecule has 0 aliphatic rings. The van der Waals surface area contributed by atoms with E-state index in [1.807, 2.05) is 0 Å². The van der Waals surface area contributed by atoms with Gasteiger partial charge < -0.3 is 29.1 Å². The molecule has 12 heteroatoms. The number of aromatic nitrogens is 2. The molecule has 0 amide bonds. The second-order valence-electron chi connectivity index (χ2n) is 6.30. The van der Waals surface area contributed by atoms with Gasteiger partial charge in [-0.1, -0.05) is 12.1 Å². The van der Waals surface area contributed by atoms with Gasteiger partial charge >= 0.3 is 17.6 Å². The van der Waals surface area contributed by atoms with Gasteiger partial charge in [-0.15, -0.1) is 0 Å². The number of methoxy groups -OCH3 is 1. The predicted octanol–water partition coefficient (Wildman–Crippen LogP) is 3.03. The Balaban J connectivity index is 2.07. The molecule has 2 N–H and O–H groups in total. The van der Waals surface area contributed by atoms with Crippen LogP contribution < -0.4 is 20.5 Å². The van der Waals surface area contributed by atoms with Crippen LogP contribution in [-0.2, 0) is 20.9 Å². The van der Waals surface area contributed by atoms with Crippen molar-refractivity contribution in [1.82, 2.24) is 9.55 Å². The number of carbonyl (C=O) groups is 2. The Kier molecular flexibility index (Phi) is 6.83. The van der Waals surface area contributed by atoms with Crippen LogP contribution in [0.4, 0.5) is 11.5 Å². The minimum absolute atomic E-state index is 0.0285. The normalized spacial score (nSPS) is 10.5. The van der Waals surface area contributed by atoms with Crippen LogP contribution in [0.3, 0.4) is 0 Å². The number of hydrogen-bond donors (Lipinski definition) is 2. The smallest absolute Gasteiger partial charge is 0.356 e. The topological polar surface area (TPSA) is 142 Å². The lowest BCUT2D eigenvalue weighted by Gasteiger charge is -2.11. The van der Waals surface area contributed by atoms with Crippen LogP contribution in [0.1, 0.15) is 19.6 Å². The molecular weight excluding hydrogens is 490 g/mol. The fraction of sp³-hybridized carbons (Fsp3) is 0.200. The fourth-order valence-corrected chi connectivity index (χ4v) is 3.05. The van der Waals surface area contributed by atoms with E-state index in [0.29, 0.717) is 10.2 Å². The molecule has 0 radical (unpaired) electrons. The summed E-state index contributed by atoms with van der Waals surface area (Å²) in [6.07, 6.45) is 1.35. The number of hydrogen-bond acceptors (Lipinski definition) is 10. The van der Waals surface area contributed by atoms with Gasteiger partial charge in [0, 0.05) is 20.0 Å². The summed E-state index contributed by atoms with van der Waals surface area (Å²) in [5.74, 6) is -1.53. The first-order valence-corrected chi connectivity index (χ1v) is 9.86. The maximum atomic E-state index is 12.8. The highest BCUT2D eigenvalue weighted by atomic mass is 79.9. The SMILES string of the molecule is COc1c(-n2cc(Br)c(Nc3ccccc3O)nc2=O)oc(COC(C)=O)c1OC(C)=O. The second kappa shape index (κ2) is 9.56. The predicted molar refractivity (Wildman–Crippen MR) is 115 cm³/mol. The lowest BCUT2D eigenvalue weighted by molar-refractivity contribution is -0.142. The Labute approximate surface area is 189 Å². The minimum Gasteiger partial charge on any atom is -0.506 e. The molecule has 3 aromatic rings. The zero-order valence-corrected chi connectivity index (χ0v) is 18.8. The van der Waals surface area contributed by atoms with Crippen LogP contribution in [0.15, 0.2) is 44.1 Å². The number of rotatable bonds is 7. The number of para-hydroxylation sites is 2. The van der Waals surface area contributed by atoms with E-state index in [4.69, 9.17) is 18.6 Å². The number of furan rings is 1. The van der Waals surface area contributed by atoms with Crippen LogP contribution in [0.25, 0.3) is 5.88 Å². The van der Waals surface area contributed by atoms with E-state index in [9.17, 15) is 19.5 Å². The Morgan fingerprint density at radius 1 is 1.22 bits per heavy atom. The Morgan fingerprint density at radius 2 is 1.94 bits per heavy atom. The van der Waals surface area contributed by atoms with Gasteiger partial charge in [-0.05, 0) is 28.1 Å². The van der Waals surface area contributed by atoms with E-state index in [1.54, 1.807) is 18.2 Å². The molecule has 11 nitrogen and oxygen atoms in total. The Bertz CT molecular complexity index is 1230. The van der Waals surface area contributed by atoms with Gasteiger partial charge in [-0.3, -0.25) is 9.59 Å². The van der Waals surface area contributed by atoms with Crippen molar-refractivity contribution >= 4 is 39.4 Å². The average Bonchev–Trinajstić information content (AvgIpc) is 3.06. The van der Waals surface area contributed by atoms with Crippen LogP contribution in [0.2, 0.25) is 0 Å². The third-order valence-corrected chi connectivity index (χ3v) is 4.57. The lowest BCUT2D eigenvalue weighted by Crippen LogP contribution is -2.22. The van der Waals surface area contributed by atoms with Crippen molar-refractivity contribution in [2.75, 3.05) is 12.4 Å². The number of aromatic hydroxyl groups is 1. The van der Waals surface area contributed by atoms with Crippen molar-refractivity contribution in [2.24, 2.45) is 0 Å². The highest BCUT2D eigenvalue weighted by molar-refractivity contribution is 9.10. The molecule has 2 aromatic heterocycles. The minimum atomic E-state index is -0.772. The van der Waals surface area contributed by atoms with Gasteiger partial charge in [-0.2, -0.15) is 4.98 Å². The second-order valence-corrected chi connectivity index (χ2v) is 7.15. The highest BCUT2D eigenvalue weighted by Crippen LogP contribution is 2.41. The first-order valence-electron chi connectivity index (χ1n) is 9.07. The number of esters is 2. The molecule has 168 valence electrons. The van der Waals surface area contributed by atoms with E-state index >= 15 is 0 Å². The molecule has 1 aromatic carbocycles. The van der Waals surface area contributed by atoms with Gasteiger partial charge in [0.05, 0.1) is 17.3 Å². The largest absolute Gasteiger partial charge is 0.506 e. The number of halogens is 1. The summed E-state index contributed by atoms with van der Waals surface area (Å²) in [5.41, 5.74) is -0.430. The standard InChI is InChI=1S/C20H18BrN3O8/c1-10(25)30-9-15-16(31-11(2)26)17(29-3)19(32-15)24-8-12(21)18(23-20(24)28)22-13-6-4-5-7-14(13)27/h4-8,27H,9H2,1-3H3,(H,22,23,28). The molecule has 3 rings (SSSR count). The van der Waals surface area contributed by atoms with Crippen molar-refractivity contribution in [3.63, 3.8) is 0 Å². The molecule has 0 aliphatic carbocycles. The van der Waals surface area contributed by atoms with Gasteiger partial charge in [0.25, 0.3) is 5.88 Å². The zero-order chi connectivity index (χ0) is 23.4. The molecule has 0 fully saturated rings. The van der Waals surface area contributed by atoms with E-state index in [0.717, 1.165) is 4.57 Å². The van der Waals surface area contributed by atoms with Gasteiger partial charge in [0.15, 0.2) is 18.2 Å². The number of phenolic OH excluding ortho intramolecular Hbond substituents is 1. The molecule has 32 heavy (non-hydrogen) atoms. The van der Waals surface area contributed by atoms with Crippen molar-refractivity contribution in [3.05, 3.63) is 51.2 Å². The van der Waals surface area contributed by atoms with Crippen molar-refractivity contribution in [2.45, 2.75) is 20.5 Å². The van der Waals surface area contributed by atoms with Crippen LogP contribution in [0, 0.1) is 0 Å². The summed E-state index contributed by atoms with van der Waals surface area (Å²) < 4.78 is 22.4. The van der Waals surface area contributed by atoms with Crippen molar-refractivity contribution in [1.29, 1.82) is 0 Å². The summed E-state index contributed by atoms with van der Waals surface area (Å²) in [7, 11) is 1.29. The molecule has 2 heterocycles. The summed E-state index contributed by atoms with van der Waals surface area (Å²) in [6.45, 7) is 2.02. The maximum absolute atomic E-state index is 12.8. The highest BCUT2D eigenvalue weighted by Gasteiger charge is 2.27. The fourth-order valence-electron chi connectivity index (χ4n) is 2.65. The monoisotopic (exact) mass is 507 g/mol. The third kappa shape index (κ3) is 4.91. The number of benzene rings is 1. The van der Waals surface area contributed by atoms with E-state index in [1.165, 1.54) is 33.2 Å². The number of nitrogens with one attached hydrogen (secondary N) is 1. The Morgan fingerprint density at radius 3 is 2.56 bits per heavy atom. The quantitative estimate of drug-likeness (QED) is 0.361. The first-order chi connectivity index (χ1) is 15.2. The molecule has 0 aliphatic heterocycles. The number of nitrogens with zero attached hydrogens (tertiary/aromatic N) is 2. The molecular formula is C20H18BrN3O8. The zero-order valence-electron chi connectivity index (χ0n) is 17.2. The molecule has 0 spiro atoms. The van der Waals surface area contributed by atoms with Gasteiger partial charge in [-0.25, -0.2) is 9.36 Å². The summed E-state index contributed by atoms with van der Waals surface area (Å²) in [5, 5.41) is 12.8. The maximum Gasteiger partial charge on any atom is 0.356 e. The average molecular weight is 508 g/mol. The van der Waals surface area contributed by atoms with Crippen LogP contribution >= 0.6 is 15.9 Å². The summed E-state index contributed by atoms with van der Waals surface area (Å²) >= 11 is 3.32. The number of carbonyl (C=O) groups excluding carboxylic acids is 2.